The zero-order valence-electron chi connectivity index (χ0n) is 15.0. The molecule has 0 saturated carbocycles. The van der Waals surface area contributed by atoms with Crippen LogP contribution < -0.4 is 10.0 Å². The highest BCUT2D eigenvalue weighted by Crippen LogP contribution is 2.31. The molecule has 2 heterocycles. The van der Waals surface area contributed by atoms with Crippen molar-refractivity contribution >= 4 is 33.4 Å². The number of aromatic hydroxyl groups is 1. The topological polar surface area (TPSA) is 117 Å². The standard InChI is InChI=1S/C16H20ClN5O4S/c1-9-11(8-21(2)19-9)12-7-14(22(3)27(25,26)20-12)16(24)18-13-6-10(17)4-5-15(13)23/h4-6,8,12,14,20,23H,7H2,1-3H3,(H,18,24). The zero-order chi connectivity index (χ0) is 19.9. The van der Waals surface area contributed by atoms with Gasteiger partial charge in [-0.3, -0.25) is 9.48 Å². The second-order valence-electron chi connectivity index (χ2n) is 6.44. The maximum atomic E-state index is 12.8. The minimum Gasteiger partial charge on any atom is -0.506 e. The molecule has 0 spiro atoms. The Labute approximate surface area is 162 Å². The van der Waals surface area contributed by atoms with Crippen LogP contribution in [0.25, 0.3) is 0 Å². The molecule has 1 aromatic heterocycles. The van der Waals surface area contributed by atoms with Crippen molar-refractivity contribution < 1.29 is 18.3 Å². The number of nitrogens with zero attached hydrogens (tertiary/aromatic N) is 3. The van der Waals surface area contributed by atoms with Crippen molar-refractivity contribution in [2.75, 3.05) is 12.4 Å². The van der Waals surface area contributed by atoms with E-state index in [1.807, 2.05) is 0 Å². The van der Waals surface area contributed by atoms with Crippen LogP contribution in [0.3, 0.4) is 0 Å². The maximum absolute atomic E-state index is 12.8. The number of rotatable bonds is 3. The van der Waals surface area contributed by atoms with Crippen molar-refractivity contribution in [2.45, 2.75) is 25.4 Å². The predicted octanol–water partition coefficient (Wildman–Crippen LogP) is 1.31. The van der Waals surface area contributed by atoms with Crippen LogP contribution in [0.4, 0.5) is 5.69 Å². The molecule has 2 atom stereocenters. The Morgan fingerprint density at radius 3 is 2.74 bits per heavy atom. The number of halogens is 1. The summed E-state index contributed by atoms with van der Waals surface area (Å²) in [5.41, 5.74) is 1.50. The van der Waals surface area contributed by atoms with Crippen LogP contribution >= 0.6 is 11.6 Å². The van der Waals surface area contributed by atoms with Crippen molar-refractivity contribution in [1.29, 1.82) is 0 Å². The summed E-state index contributed by atoms with van der Waals surface area (Å²) in [5.74, 6) is -0.724. The molecule has 3 N–H and O–H groups in total. The first kappa shape index (κ1) is 19.6. The smallest absolute Gasteiger partial charge is 0.280 e. The van der Waals surface area contributed by atoms with Crippen LogP contribution in [-0.4, -0.2) is 46.6 Å². The van der Waals surface area contributed by atoms with Gasteiger partial charge < -0.3 is 10.4 Å². The van der Waals surface area contributed by atoms with E-state index in [9.17, 15) is 18.3 Å². The number of amides is 1. The molecule has 0 radical (unpaired) electrons. The minimum atomic E-state index is -3.87. The van der Waals surface area contributed by atoms with Gasteiger partial charge in [0.2, 0.25) is 5.91 Å². The van der Waals surface area contributed by atoms with E-state index in [4.69, 9.17) is 11.6 Å². The Hall–Kier alpha value is -2.14. The third-order valence-electron chi connectivity index (χ3n) is 4.51. The van der Waals surface area contributed by atoms with Gasteiger partial charge in [-0.25, -0.2) is 0 Å². The minimum absolute atomic E-state index is 0.117. The van der Waals surface area contributed by atoms with Gasteiger partial charge in [0.25, 0.3) is 10.2 Å². The van der Waals surface area contributed by atoms with Gasteiger partial charge in [-0.2, -0.15) is 22.5 Å². The number of likely N-dealkylation sites (N-methyl/N-ethyl adjacent to an activating group) is 1. The number of phenolic OH excluding ortho intramolecular Hbond substituents is 1. The number of anilines is 1. The fourth-order valence-electron chi connectivity index (χ4n) is 3.10. The molecule has 146 valence electrons. The number of aromatic nitrogens is 2. The number of phenols is 1. The molecule has 27 heavy (non-hydrogen) atoms. The Bertz CT molecular complexity index is 991. The van der Waals surface area contributed by atoms with E-state index in [1.165, 1.54) is 25.2 Å². The van der Waals surface area contributed by atoms with Gasteiger partial charge in [0.05, 0.1) is 17.4 Å². The lowest BCUT2D eigenvalue weighted by Crippen LogP contribution is -2.56. The van der Waals surface area contributed by atoms with Crippen molar-refractivity contribution in [3.8, 4) is 5.75 Å². The summed E-state index contributed by atoms with van der Waals surface area (Å²) in [5, 5.41) is 17.0. The number of carbonyl (C=O) groups is 1. The summed E-state index contributed by atoms with van der Waals surface area (Å²) in [6, 6.07) is 2.66. The molecule has 2 aromatic rings. The van der Waals surface area contributed by atoms with Gasteiger partial charge >= 0.3 is 0 Å². The second-order valence-corrected chi connectivity index (χ2v) is 8.64. The van der Waals surface area contributed by atoms with Crippen LogP contribution in [0.2, 0.25) is 5.02 Å². The lowest BCUT2D eigenvalue weighted by Gasteiger charge is -2.36. The number of hydrogen-bond acceptors (Lipinski definition) is 5. The van der Waals surface area contributed by atoms with Crippen molar-refractivity contribution in [2.24, 2.45) is 7.05 Å². The summed E-state index contributed by atoms with van der Waals surface area (Å²) in [6.07, 6.45) is 1.93. The quantitative estimate of drug-likeness (QED) is 0.656. The van der Waals surface area contributed by atoms with E-state index in [1.54, 1.807) is 24.9 Å². The number of carbonyl (C=O) groups excluding carboxylic acids is 1. The highest BCUT2D eigenvalue weighted by atomic mass is 35.5. The van der Waals surface area contributed by atoms with Crippen LogP contribution in [0.1, 0.15) is 23.7 Å². The first-order valence-electron chi connectivity index (χ1n) is 8.13. The molecule has 1 saturated heterocycles. The molecule has 1 aromatic carbocycles. The number of benzene rings is 1. The summed E-state index contributed by atoms with van der Waals surface area (Å²) >= 11 is 5.90. The van der Waals surface area contributed by atoms with Gasteiger partial charge in [-0.1, -0.05) is 11.6 Å². The highest BCUT2D eigenvalue weighted by molar-refractivity contribution is 7.87. The Balaban J connectivity index is 1.89. The average molecular weight is 414 g/mol. The largest absolute Gasteiger partial charge is 0.506 e. The molecule has 0 bridgehead atoms. The van der Waals surface area contributed by atoms with E-state index < -0.39 is 28.2 Å². The molecule has 11 heteroatoms. The summed E-state index contributed by atoms with van der Waals surface area (Å²) in [6.45, 7) is 1.78. The lowest BCUT2D eigenvalue weighted by molar-refractivity contribution is -0.120. The fraction of sp³-hybridized carbons (Fsp3) is 0.375. The first-order valence-corrected chi connectivity index (χ1v) is 9.95. The molecule has 1 amide bonds. The van der Waals surface area contributed by atoms with Crippen LogP contribution in [0.15, 0.2) is 24.4 Å². The molecule has 1 fully saturated rings. The SMILES string of the molecule is Cc1nn(C)cc1C1CC(C(=O)Nc2cc(Cl)ccc2O)N(C)S(=O)(=O)N1. The highest BCUT2D eigenvalue weighted by Gasteiger charge is 2.41. The van der Waals surface area contributed by atoms with E-state index in [-0.39, 0.29) is 17.9 Å². The van der Waals surface area contributed by atoms with E-state index in [2.05, 4.69) is 15.1 Å². The third kappa shape index (κ3) is 3.93. The van der Waals surface area contributed by atoms with Gasteiger partial charge in [0, 0.05) is 30.9 Å². The van der Waals surface area contributed by atoms with Gasteiger partial charge in [-0.05, 0) is 31.5 Å². The monoisotopic (exact) mass is 413 g/mol. The predicted molar refractivity (Wildman–Crippen MR) is 101 cm³/mol. The summed E-state index contributed by atoms with van der Waals surface area (Å²) < 4.78 is 30.2. The van der Waals surface area contributed by atoms with Gasteiger partial charge in [0.15, 0.2) is 0 Å². The van der Waals surface area contributed by atoms with Crippen LogP contribution in [-0.2, 0) is 22.1 Å². The lowest BCUT2D eigenvalue weighted by atomic mass is 10.00. The molecule has 1 aliphatic rings. The molecule has 0 aliphatic carbocycles. The molecular formula is C16H20ClN5O4S. The number of nitrogens with one attached hydrogen (secondary N) is 2. The van der Waals surface area contributed by atoms with Crippen LogP contribution in [0, 0.1) is 6.92 Å². The number of hydrogen-bond donors (Lipinski definition) is 3. The number of aryl methyl sites for hydroxylation is 2. The Kier molecular flexibility index (Phi) is 5.17. The molecule has 2 unspecified atom stereocenters. The molecule has 3 rings (SSSR count). The zero-order valence-corrected chi connectivity index (χ0v) is 16.5. The summed E-state index contributed by atoms with van der Waals surface area (Å²) in [7, 11) is -0.802. The molecular weight excluding hydrogens is 394 g/mol. The molecule has 9 nitrogen and oxygen atoms in total. The van der Waals surface area contributed by atoms with Crippen LogP contribution in [0.5, 0.6) is 5.75 Å². The van der Waals surface area contributed by atoms with Gasteiger partial charge in [0.1, 0.15) is 11.8 Å². The van der Waals surface area contributed by atoms with Crippen molar-refractivity contribution in [3.05, 3.63) is 40.7 Å². The fourth-order valence-corrected chi connectivity index (χ4v) is 4.54. The van der Waals surface area contributed by atoms with Crippen molar-refractivity contribution in [1.82, 2.24) is 18.8 Å². The van der Waals surface area contributed by atoms with Crippen molar-refractivity contribution in [3.63, 3.8) is 0 Å². The first-order chi connectivity index (χ1) is 12.6. The van der Waals surface area contributed by atoms with E-state index in [0.717, 1.165) is 4.31 Å². The Morgan fingerprint density at radius 1 is 1.41 bits per heavy atom. The molecule has 1 aliphatic heterocycles. The normalized spacial score (nSPS) is 22.5. The third-order valence-corrected chi connectivity index (χ3v) is 6.34. The van der Waals surface area contributed by atoms with E-state index in [0.29, 0.717) is 16.3 Å². The maximum Gasteiger partial charge on any atom is 0.280 e. The second kappa shape index (κ2) is 7.12. The summed E-state index contributed by atoms with van der Waals surface area (Å²) in [4.78, 5) is 12.8. The van der Waals surface area contributed by atoms with Gasteiger partial charge in [-0.15, -0.1) is 0 Å². The average Bonchev–Trinajstić information content (AvgIpc) is 2.91. The van der Waals surface area contributed by atoms with E-state index >= 15 is 0 Å². The Morgan fingerprint density at radius 2 is 2.11 bits per heavy atom.